The molecule has 2 nitrogen and oxygen atoms in total. The maximum absolute atomic E-state index is 11.4. The number of carbonyl (C=O) groups is 1. The summed E-state index contributed by atoms with van der Waals surface area (Å²) in [6.45, 7) is -0.0628. The molecule has 0 atom stereocenters. The summed E-state index contributed by atoms with van der Waals surface area (Å²) in [7, 11) is 1.36. The molecule has 0 aromatic heterocycles. The van der Waals surface area contributed by atoms with Crippen LogP contribution in [-0.4, -0.2) is 25.9 Å². The minimum absolute atomic E-state index is 0.0628. The fourth-order valence-corrected chi connectivity index (χ4v) is 0.503. The lowest BCUT2D eigenvalue weighted by atomic mass is 10.2. The molecule has 0 spiro atoms. The van der Waals surface area contributed by atoms with Gasteiger partial charge < -0.3 is 4.74 Å². The molecule has 0 aliphatic rings. The van der Waals surface area contributed by atoms with E-state index in [4.69, 9.17) is 0 Å². The van der Waals surface area contributed by atoms with Crippen LogP contribution in [-0.2, 0) is 9.53 Å². The standard InChI is InChI=1S/C6H10F2O2/c1-10-4-5(9)2-3-6(7)8/h6H,2-4H2,1H3. The second-order valence-electron chi connectivity index (χ2n) is 1.90. The van der Waals surface area contributed by atoms with E-state index >= 15 is 0 Å². The molecule has 0 amide bonds. The van der Waals surface area contributed by atoms with E-state index in [1.165, 1.54) is 7.11 Å². The highest BCUT2D eigenvalue weighted by atomic mass is 19.3. The van der Waals surface area contributed by atoms with Crippen LogP contribution in [0, 0.1) is 0 Å². The Bertz CT molecular complexity index is 104. The van der Waals surface area contributed by atoms with Crippen LogP contribution in [0.3, 0.4) is 0 Å². The van der Waals surface area contributed by atoms with Crippen molar-refractivity contribution < 1.29 is 18.3 Å². The number of Topliss-reactive ketones (excluding diaryl/α,β-unsaturated/α-hetero) is 1. The van der Waals surface area contributed by atoms with Gasteiger partial charge in [-0.05, 0) is 0 Å². The van der Waals surface area contributed by atoms with Crippen molar-refractivity contribution in [2.24, 2.45) is 0 Å². The third-order valence-corrected chi connectivity index (χ3v) is 0.947. The number of ketones is 1. The lowest BCUT2D eigenvalue weighted by Gasteiger charge is -1.97. The molecular formula is C6H10F2O2. The molecule has 0 aromatic rings. The number of methoxy groups -OCH3 is 1. The number of alkyl halides is 2. The average Bonchev–Trinajstić information content (AvgIpc) is 1.85. The van der Waals surface area contributed by atoms with E-state index in [-0.39, 0.29) is 25.2 Å². The Kier molecular flexibility index (Phi) is 5.02. The van der Waals surface area contributed by atoms with E-state index in [9.17, 15) is 13.6 Å². The summed E-state index contributed by atoms with van der Waals surface area (Å²) in [4.78, 5) is 10.5. The number of ether oxygens (including phenoxy) is 1. The summed E-state index contributed by atoms with van der Waals surface area (Å²) in [5.41, 5.74) is 0. The van der Waals surface area contributed by atoms with Crippen LogP contribution in [0.2, 0.25) is 0 Å². The Morgan fingerprint density at radius 1 is 1.60 bits per heavy atom. The van der Waals surface area contributed by atoms with Gasteiger partial charge in [0.1, 0.15) is 6.61 Å². The van der Waals surface area contributed by atoms with Crippen LogP contribution < -0.4 is 0 Å². The van der Waals surface area contributed by atoms with Gasteiger partial charge in [-0.2, -0.15) is 0 Å². The van der Waals surface area contributed by atoms with Gasteiger partial charge in [0.2, 0.25) is 6.43 Å². The predicted molar refractivity (Wildman–Crippen MR) is 32.1 cm³/mol. The maximum atomic E-state index is 11.4. The van der Waals surface area contributed by atoms with E-state index in [0.717, 1.165) is 0 Å². The van der Waals surface area contributed by atoms with Gasteiger partial charge in [0.15, 0.2) is 5.78 Å². The van der Waals surface area contributed by atoms with Gasteiger partial charge in [-0.25, -0.2) is 8.78 Å². The molecule has 0 heterocycles. The van der Waals surface area contributed by atoms with Crippen molar-refractivity contribution in [3.63, 3.8) is 0 Å². The van der Waals surface area contributed by atoms with Crippen molar-refractivity contribution in [1.82, 2.24) is 0 Å². The first-order chi connectivity index (χ1) is 4.66. The average molecular weight is 152 g/mol. The molecule has 0 bridgehead atoms. The number of halogens is 2. The van der Waals surface area contributed by atoms with Crippen LogP contribution in [0.15, 0.2) is 0 Å². The smallest absolute Gasteiger partial charge is 0.239 e. The van der Waals surface area contributed by atoms with Crippen LogP contribution in [0.25, 0.3) is 0 Å². The summed E-state index contributed by atoms with van der Waals surface area (Å²) in [6, 6.07) is 0. The summed E-state index contributed by atoms with van der Waals surface area (Å²) >= 11 is 0. The second-order valence-corrected chi connectivity index (χ2v) is 1.90. The molecule has 0 aliphatic carbocycles. The minimum atomic E-state index is -2.39. The van der Waals surface area contributed by atoms with E-state index in [0.29, 0.717) is 0 Å². The highest BCUT2D eigenvalue weighted by Gasteiger charge is 2.06. The Hall–Kier alpha value is -0.510. The molecule has 10 heavy (non-hydrogen) atoms. The minimum Gasteiger partial charge on any atom is -0.377 e. The van der Waals surface area contributed by atoms with Crippen molar-refractivity contribution in [3.05, 3.63) is 0 Å². The molecule has 0 saturated heterocycles. The second kappa shape index (κ2) is 5.29. The normalized spacial score (nSPS) is 10.4. The zero-order valence-corrected chi connectivity index (χ0v) is 5.77. The van der Waals surface area contributed by atoms with Gasteiger partial charge in [0.25, 0.3) is 0 Å². The van der Waals surface area contributed by atoms with Gasteiger partial charge in [-0.3, -0.25) is 4.79 Å². The van der Waals surface area contributed by atoms with Gasteiger partial charge in [0.05, 0.1) is 0 Å². The topological polar surface area (TPSA) is 26.3 Å². The highest BCUT2D eigenvalue weighted by Crippen LogP contribution is 2.02. The fourth-order valence-electron chi connectivity index (χ4n) is 0.503. The van der Waals surface area contributed by atoms with Crippen LogP contribution >= 0.6 is 0 Å². The number of hydrogen-bond acceptors (Lipinski definition) is 2. The molecule has 60 valence electrons. The van der Waals surface area contributed by atoms with Crippen molar-refractivity contribution in [2.45, 2.75) is 19.3 Å². The molecule has 0 aliphatic heterocycles. The van der Waals surface area contributed by atoms with E-state index < -0.39 is 6.43 Å². The quantitative estimate of drug-likeness (QED) is 0.592. The lowest BCUT2D eigenvalue weighted by molar-refractivity contribution is -0.123. The Morgan fingerprint density at radius 2 is 2.20 bits per heavy atom. The van der Waals surface area contributed by atoms with Crippen LogP contribution in [0.1, 0.15) is 12.8 Å². The van der Waals surface area contributed by atoms with Crippen molar-refractivity contribution in [3.8, 4) is 0 Å². The number of rotatable bonds is 5. The van der Waals surface area contributed by atoms with Gasteiger partial charge in [-0.15, -0.1) is 0 Å². The molecule has 0 radical (unpaired) electrons. The van der Waals surface area contributed by atoms with Crippen molar-refractivity contribution in [2.75, 3.05) is 13.7 Å². The zero-order chi connectivity index (χ0) is 7.98. The van der Waals surface area contributed by atoms with Gasteiger partial charge in [-0.1, -0.05) is 0 Å². The molecule has 0 aromatic carbocycles. The van der Waals surface area contributed by atoms with Crippen LogP contribution in [0.4, 0.5) is 8.78 Å². The van der Waals surface area contributed by atoms with E-state index in [1.54, 1.807) is 0 Å². The highest BCUT2D eigenvalue weighted by molar-refractivity contribution is 5.79. The van der Waals surface area contributed by atoms with Crippen LogP contribution in [0.5, 0.6) is 0 Å². The maximum Gasteiger partial charge on any atom is 0.239 e. The fraction of sp³-hybridized carbons (Fsp3) is 0.833. The largest absolute Gasteiger partial charge is 0.377 e. The third-order valence-electron chi connectivity index (χ3n) is 0.947. The van der Waals surface area contributed by atoms with Crippen molar-refractivity contribution in [1.29, 1.82) is 0 Å². The molecule has 4 heteroatoms. The summed E-state index contributed by atoms with van der Waals surface area (Å²) in [5, 5.41) is 0. The summed E-state index contributed by atoms with van der Waals surface area (Å²) in [5.74, 6) is -0.275. The lowest BCUT2D eigenvalue weighted by Crippen LogP contribution is -2.07. The zero-order valence-electron chi connectivity index (χ0n) is 5.77. The Balaban J connectivity index is 3.22. The molecular weight excluding hydrogens is 142 g/mol. The number of carbonyl (C=O) groups excluding carboxylic acids is 1. The molecule has 0 saturated carbocycles. The summed E-state index contributed by atoms with van der Waals surface area (Å²) in [6.07, 6.45) is -2.84. The molecule has 0 N–H and O–H groups in total. The summed E-state index contributed by atoms with van der Waals surface area (Å²) < 4.78 is 27.3. The SMILES string of the molecule is COCC(=O)CCC(F)F. The van der Waals surface area contributed by atoms with E-state index in [2.05, 4.69) is 4.74 Å². The molecule has 0 fully saturated rings. The number of hydrogen-bond donors (Lipinski definition) is 0. The monoisotopic (exact) mass is 152 g/mol. The molecule has 0 unspecified atom stereocenters. The first kappa shape index (κ1) is 9.49. The van der Waals surface area contributed by atoms with Gasteiger partial charge >= 0.3 is 0 Å². The Labute approximate surface area is 58.2 Å². The van der Waals surface area contributed by atoms with Crippen molar-refractivity contribution >= 4 is 5.78 Å². The Morgan fingerprint density at radius 3 is 2.60 bits per heavy atom. The van der Waals surface area contributed by atoms with E-state index in [1.807, 2.05) is 0 Å². The first-order valence-corrected chi connectivity index (χ1v) is 2.95. The third kappa shape index (κ3) is 5.62. The first-order valence-electron chi connectivity index (χ1n) is 2.95. The van der Waals surface area contributed by atoms with Gasteiger partial charge in [0, 0.05) is 20.0 Å². The predicted octanol–water partition coefficient (Wildman–Crippen LogP) is 1.25. The molecule has 0 rings (SSSR count).